The highest BCUT2D eigenvalue weighted by molar-refractivity contribution is 7.66. The quantitative estimate of drug-likeness (QED) is 0.142. The number of H-pyrrole nitrogens is 1. The van der Waals surface area contributed by atoms with Crippen molar-refractivity contribution < 1.29 is 51.2 Å². The van der Waals surface area contributed by atoms with E-state index in [1.54, 1.807) is 0 Å². The minimum atomic E-state index is -5.62. The number of phosphoric acid groups is 3. The highest BCUT2D eigenvalue weighted by atomic mass is 31.3. The molecular weight excluding hydrogens is 475 g/mol. The Kier molecular flexibility index (Phi) is 7.63. The van der Waals surface area contributed by atoms with Crippen molar-refractivity contribution in [1.82, 2.24) is 9.55 Å². The lowest BCUT2D eigenvalue weighted by Gasteiger charge is -2.19. The van der Waals surface area contributed by atoms with Gasteiger partial charge in [-0.2, -0.15) is 8.62 Å². The van der Waals surface area contributed by atoms with Crippen LogP contribution in [0.5, 0.6) is 0 Å². The second kappa shape index (κ2) is 9.27. The van der Waals surface area contributed by atoms with Crippen molar-refractivity contribution in [3.63, 3.8) is 0 Å². The van der Waals surface area contributed by atoms with Crippen molar-refractivity contribution in [2.45, 2.75) is 25.2 Å². The van der Waals surface area contributed by atoms with E-state index in [2.05, 4.69) is 19.1 Å². The first kappa shape index (κ1) is 24.7. The Morgan fingerprint density at radius 2 is 1.83 bits per heavy atom. The van der Waals surface area contributed by atoms with Gasteiger partial charge in [-0.05, 0) is 18.8 Å². The molecule has 0 amide bonds. The van der Waals surface area contributed by atoms with E-state index in [4.69, 9.17) is 25.2 Å². The Morgan fingerprint density at radius 1 is 1.17 bits per heavy atom. The topological polar surface area (TPSA) is 250 Å². The molecule has 19 heteroatoms. The fraction of sp³-hybridized carbons (Fsp3) is 0.455. The van der Waals surface area contributed by atoms with E-state index in [1.807, 2.05) is 11.0 Å². The van der Waals surface area contributed by atoms with Gasteiger partial charge in [-0.15, -0.1) is 0 Å². The number of hydrogen-bond acceptors (Lipinski definition) is 10. The lowest BCUT2D eigenvalue weighted by Crippen LogP contribution is -2.33. The normalized spacial score (nSPS) is 23.2. The summed E-state index contributed by atoms with van der Waals surface area (Å²) in [6, 6.07) is 2.02. The lowest BCUT2D eigenvalue weighted by atomic mass is 10.2. The summed E-state index contributed by atoms with van der Waals surface area (Å²) in [7, 11) is -16.4. The molecule has 168 valence electrons. The summed E-state index contributed by atoms with van der Waals surface area (Å²) >= 11 is 0. The number of hydrogen-bond donors (Lipinski definition) is 6. The molecular formula is C11H16N3O13P3. The van der Waals surface area contributed by atoms with Crippen molar-refractivity contribution in [2.75, 3.05) is 6.61 Å². The predicted molar refractivity (Wildman–Crippen MR) is 95.3 cm³/mol. The highest BCUT2D eigenvalue weighted by Crippen LogP contribution is 2.66. The third-order valence-electron chi connectivity index (χ3n) is 3.41. The number of rotatable bonds is 8. The van der Waals surface area contributed by atoms with Gasteiger partial charge in [0.1, 0.15) is 11.8 Å². The van der Waals surface area contributed by atoms with Crippen LogP contribution >= 0.6 is 23.5 Å². The van der Waals surface area contributed by atoms with Gasteiger partial charge in [0, 0.05) is 12.2 Å². The molecule has 7 N–H and O–H groups in total. The summed E-state index contributed by atoms with van der Waals surface area (Å²) in [5, 5.41) is 0. The molecule has 1 fully saturated rings. The predicted octanol–water partition coefficient (Wildman–Crippen LogP) is -1.17. The van der Waals surface area contributed by atoms with Crippen LogP contribution in [0, 0.1) is 12.0 Å². The number of nitrogens with zero attached hydrogens (tertiary/aromatic N) is 1. The van der Waals surface area contributed by atoms with E-state index in [9.17, 15) is 28.2 Å². The minimum Gasteiger partial charge on any atom is -0.359 e. The Bertz CT molecular complexity index is 1110. The number of nitrogens with one attached hydrogen (secondary N) is 1. The molecule has 1 aromatic heterocycles. The first-order valence-corrected chi connectivity index (χ1v) is 12.2. The SMILES string of the molecule is NC#Cc1cn([C@H]2CC[C@@H](COP(=O)(O)OP(=O)(O)OP(=O)(O)O)O2)c(=O)[nH]c1=O. The van der Waals surface area contributed by atoms with Gasteiger partial charge in [0.2, 0.25) is 0 Å². The van der Waals surface area contributed by atoms with E-state index in [0.717, 1.165) is 10.8 Å². The van der Waals surface area contributed by atoms with Crippen LogP contribution in [-0.4, -0.2) is 41.8 Å². The molecule has 0 aromatic carbocycles. The van der Waals surface area contributed by atoms with Crippen molar-refractivity contribution in [1.29, 1.82) is 0 Å². The van der Waals surface area contributed by atoms with Gasteiger partial charge in [0.15, 0.2) is 0 Å². The largest absolute Gasteiger partial charge is 0.490 e. The second-order valence-electron chi connectivity index (χ2n) is 5.66. The Balaban J connectivity index is 2.01. The van der Waals surface area contributed by atoms with Crippen LogP contribution in [0.25, 0.3) is 0 Å². The molecule has 0 saturated carbocycles. The van der Waals surface area contributed by atoms with Crippen molar-refractivity contribution in [2.24, 2.45) is 5.73 Å². The van der Waals surface area contributed by atoms with Crippen LogP contribution < -0.4 is 17.0 Å². The zero-order valence-corrected chi connectivity index (χ0v) is 17.4. The molecule has 0 radical (unpaired) electrons. The van der Waals surface area contributed by atoms with E-state index < -0.39 is 53.7 Å². The van der Waals surface area contributed by atoms with Crippen LogP contribution in [0.3, 0.4) is 0 Å². The van der Waals surface area contributed by atoms with Gasteiger partial charge in [-0.1, -0.05) is 0 Å². The first-order valence-electron chi connectivity index (χ1n) is 7.72. The van der Waals surface area contributed by atoms with Gasteiger partial charge in [-0.25, -0.2) is 18.5 Å². The third-order valence-corrected chi connectivity index (χ3v) is 7.21. The van der Waals surface area contributed by atoms with Gasteiger partial charge < -0.3 is 30.0 Å². The standard InChI is InChI=1S/C11H16N3O13P3/c12-4-3-7-5-14(11(16)13-10(7)15)9-2-1-8(25-9)6-24-29(20,21)27-30(22,23)26-28(17,18)19/h5,8-9H,1-2,6,12H2,(H,20,21)(H,22,23)(H,13,15,16)(H2,17,18,19)/t8-,9+/m0/s1. The monoisotopic (exact) mass is 491 g/mol. The third kappa shape index (κ3) is 7.28. The Hall–Kier alpha value is -1.59. The van der Waals surface area contributed by atoms with Crippen LogP contribution in [0.15, 0.2) is 15.8 Å². The molecule has 1 aromatic rings. The maximum Gasteiger partial charge on any atom is 0.490 e. The smallest absolute Gasteiger partial charge is 0.359 e. The van der Waals surface area contributed by atoms with Crippen LogP contribution in [0.4, 0.5) is 0 Å². The van der Waals surface area contributed by atoms with E-state index in [0.29, 0.717) is 0 Å². The van der Waals surface area contributed by atoms with E-state index in [-0.39, 0.29) is 18.4 Å². The van der Waals surface area contributed by atoms with Crippen molar-refractivity contribution in [3.8, 4) is 12.0 Å². The molecule has 2 heterocycles. The molecule has 30 heavy (non-hydrogen) atoms. The molecule has 2 rings (SSSR count). The molecule has 2 unspecified atom stereocenters. The fourth-order valence-electron chi connectivity index (χ4n) is 2.36. The summed E-state index contributed by atoms with van der Waals surface area (Å²) in [6.07, 6.45) is -0.253. The number of ether oxygens (including phenoxy) is 1. The van der Waals surface area contributed by atoms with E-state index >= 15 is 0 Å². The summed E-state index contributed by atoms with van der Waals surface area (Å²) in [4.78, 5) is 61.0. The maximum atomic E-state index is 12.0. The zero-order valence-electron chi connectivity index (χ0n) is 14.7. The molecule has 0 bridgehead atoms. The van der Waals surface area contributed by atoms with E-state index in [1.165, 1.54) is 0 Å². The highest BCUT2D eigenvalue weighted by Gasteiger charge is 2.41. The molecule has 1 aliphatic heterocycles. The van der Waals surface area contributed by atoms with Crippen LogP contribution in [0.1, 0.15) is 24.6 Å². The van der Waals surface area contributed by atoms with Gasteiger partial charge in [-0.3, -0.25) is 18.9 Å². The van der Waals surface area contributed by atoms with Crippen LogP contribution in [-0.2, 0) is 31.6 Å². The average Bonchev–Trinajstić information content (AvgIpc) is 3.01. The molecule has 4 atom stereocenters. The van der Waals surface area contributed by atoms with Gasteiger partial charge in [0.25, 0.3) is 5.56 Å². The molecule has 0 aliphatic carbocycles. The van der Waals surface area contributed by atoms with Gasteiger partial charge in [0.05, 0.1) is 12.7 Å². The van der Waals surface area contributed by atoms with Crippen molar-refractivity contribution >= 4 is 23.5 Å². The van der Waals surface area contributed by atoms with Crippen LogP contribution in [0.2, 0.25) is 0 Å². The average molecular weight is 491 g/mol. The molecule has 16 nitrogen and oxygen atoms in total. The minimum absolute atomic E-state index is 0.0996. The zero-order chi connectivity index (χ0) is 22.7. The lowest BCUT2D eigenvalue weighted by molar-refractivity contribution is -0.0243. The number of nitrogens with two attached hydrogens (primary N) is 1. The molecule has 1 aliphatic rings. The first-order chi connectivity index (χ1) is 13.7. The maximum absolute atomic E-state index is 12.0. The summed E-state index contributed by atoms with van der Waals surface area (Å²) in [5.74, 6) is 2.30. The van der Waals surface area contributed by atoms with Gasteiger partial charge >= 0.3 is 29.2 Å². The summed E-state index contributed by atoms with van der Waals surface area (Å²) in [6.45, 7) is -0.659. The number of phosphoric ester groups is 1. The number of aromatic amines is 1. The fourth-order valence-corrected chi connectivity index (χ4v) is 5.41. The van der Waals surface area contributed by atoms with Crippen molar-refractivity contribution in [3.05, 3.63) is 32.6 Å². The number of aromatic nitrogens is 2. The molecule has 1 saturated heterocycles. The summed E-state index contributed by atoms with van der Waals surface area (Å²) < 4.78 is 51.7. The second-order valence-corrected chi connectivity index (χ2v) is 10.1. The Labute approximate surface area is 167 Å². The Morgan fingerprint density at radius 3 is 2.43 bits per heavy atom. The molecule has 0 spiro atoms. The summed E-state index contributed by atoms with van der Waals surface area (Å²) in [5.41, 5.74) is 3.39.